The molecule has 18 nitrogen and oxygen atoms in total. The Labute approximate surface area is 388 Å². The summed E-state index contributed by atoms with van der Waals surface area (Å²) < 4.78 is 23.5. The second-order valence-corrected chi connectivity index (χ2v) is 17.8. The van der Waals surface area contributed by atoms with Gasteiger partial charge in [-0.2, -0.15) is 0 Å². The average Bonchev–Trinajstić information content (AvgIpc) is 3.24. The number of amides is 1. The smallest absolute Gasteiger partial charge is 0.308 e. The summed E-state index contributed by atoms with van der Waals surface area (Å²) in [6.45, 7) is 6.79. The Balaban J connectivity index is 1.88. The van der Waals surface area contributed by atoms with E-state index in [0.717, 1.165) is 0 Å². The van der Waals surface area contributed by atoms with Gasteiger partial charge in [0.15, 0.2) is 12.1 Å². The molecule has 0 aromatic heterocycles. The number of nitrogens with two attached hydrogens (primary N) is 1. The van der Waals surface area contributed by atoms with E-state index in [1.165, 1.54) is 7.05 Å². The average molecular weight is 937 g/mol. The first-order valence-corrected chi connectivity index (χ1v) is 22.8. The van der Waals surface area contributed by atoms with Crippen LogP contribution in [0.15, 0.2) is 85.1 Å². The number of allylic oxidation sites excluding steroid dienone is 12. The van der Waals surface area contributed by atoms with Gasteiger partial charge in [0.1, 0.15) is 12.2 Å². The lowest BCUT2D eigenvalue weighted by Gasteiger charge is -2.46. The number of ether oxygens (including phenoxy) is 4. The lowest BCUT2D eigenvalue weighted by molar-refractivity contribution is -0.308. The normalized spacial score (nSPS) is 44.9. The van der Waals surface area contributed by atoms with Crippen LogP contribution in [-0.4, -0.2) is 167 Å². The summed E-state index contributed by atoms with van der Waals surface area (Å²) in [7, 11) is 1.36. The predicted molar refractivity (Wildman–Crippen MR) is 243 cm³/mol. The Morgan fingerprint density at radius 2 is 1.23 bits per heavy atom. The number of nitrogens with one attached hydrogen (secondary N) is 1. The van der Waals surface area contributed by atoms with Gasteiger partial charge in [0, 0.05) is 38.1 Å². The van der Waals surface area contributed by atoms with Crippen LogP contribution in [0.25, 0.3) is 0 Å². The summed E-state index contributed by atoms with van der Waals surface area (Å²) in [5.41, 5.74) is 6.06. The molecule has 374 valence electrons. The summed E-state index contributed by atoms with van der Waals surface area (Å²) in [5.74, 6) is -5.59. The summed E-state index contributed by atoms with van der Waals surface area (Å²) in [4.78, 5) is 25.8. The van der Waals surface area contributed by atoms with Crippen molar-refractivity contribution in [3.05, 3.63) is 85.1 Å². The first-order chi connectivity index (χ1) is 31.2. The lowest BCUT2D eigenvalue weighted by Crippen LogP contribution is -2.62. The lowest BCUT2D eigenvalue weighted by atomic mass is 9.82. The maximum atomic E-state index is 13.2. The van der Waals surface area contributed by atoms with Gasteiger partial charge in [-0.05, 0) is 39.5 Å². The third-order valence-corrected chi connectivity index (χ3v) is 12.3. The largest absolute Gasteiger partial charge is 0.462 e. The molecule has 0 aromatic carbocycles. The first kappa shape index (κ1) is 56.9. The van der Waals surface area contributed by atoms with Gasteiger partial charge < -0.3 is 81.1 Å². The summed E-state index contributed by atoms with van der Waals surface area (Å²) in [6.07, 6.45) is 5.02. The van der Waals surface area contributed by atoms with Crippen molar-refractivity contribution in [2.75, 3.05) is 7.05 Å². The van der Waals surface area contributed by atoms with E-state index < -0.39 is 140 Å². The highest BCUT2D eigenvalue weighted by molar-refractivity contribution is 5.79. The minimum atomic E-state index is -2.28. The number of cyclic esters (lactones) is 1. The second kappa shape index (κ2) is 28.1. The molecule has 2 bridgehead atoms. The molecule has 3 rings (SSSR count). The van der Waals surface area contributed by atoms with E-state index in [1.807, 2.05) is 43.4 Å². The number of carbonyl (C=O) groups excluding carboxylic acids is 2. The minimum Gasteiger partial charge on any atom is -0.462 e. The standard InChI is InChI=1S/C48H76N2O16/c1-28-18-16-14-12-10-8-6-7-9-11-13-15-17-19-35(65-47-45(60)42(49)44(59)31(4)64-47)25-39-41(46(61)50-5)38(56)27-48(62,66-39)26-37(55)36(54)21-20-32(51)22-33(52)23-34(53)24-40(57)63-30(3)29(2)43(28)58/h6-19,28-39,41-45,47,51-56,58-60,62H,20-27,49H2,1-5H3,(H,50,61)/b7-6+,10-8+,11-9+,14-12+,15-13+,18-16+,19-17+/t28-,29-,30-,31-,32+,33+,34+,35-,36+,37+,38-,39-,41+,42+,43+,44-,45+,47+,48+/m0/s1. The molecule has 3 aliphatic rings. The van der Waals surface area contributed by atoms with Crippen LogP contribution in [0.4, 0.5) is 0 Å². The van der Waals surface area contributed by atoms with Gasteiger partial charge in [0.25, 0.3) is 0 Å². The Bertz CT molecular complexity index is 1690. The van der Waals surface area contributed by atoms with Crippen LogP contribution >= 0.6 is 0 Å². The zero-order valence-corrected chi connectivity index (χ0v) is 38.6. The molecule has 0 radical (unpaired) electrons. The fraction of sp³-hybridized carbons (Fsp3) is 0.667. The van der Waals surface area contributed by atoms with Crippen molar-refractivity contribution in [2.24, 2.45) is 23.5 Å². The Morgan fingerprint density at radius 3 is 1.82 bits per heavy atom. The third kappa shape index (κ3) is 18.6. The molecule has 1 amide bonds. The third-order valence-electron chi connectivity index (χ3n) is 12.3. The van der Waals surface area contributed by atoms with Crippen molar-refractivity contribution in [1.29, 1.82) is 0 Å². The van der Waals surface area contributed by atoms with Crippen LogP contribution in [0.5, 0.6) is 0 Å². The predicted octanol–water partition coefficient (Wildman–Crippen LogP) is 0.373. The van der Waals surface area contributed by atoms with Gasteiger partial charge in [0.05, 0.1) is 85.5 Å². The van der Waals surface area contributed by atoms with Crippen LogP contribution in [0.3, 0.4) is 0 Å². The SMILES string of the molecule is CNC(=O)[C@H]1[C@@H]2C[C@@H](O[C@H]3O[C@@H](C)[C@H](O)[C@@H](N)[C@H]3O)/C=C/C=C/C=C/C=C/C=C/C=C/C=C/[C@H](C)[C@@H](O)[C@@H](C)[C@H](C)OC(=O)C[C@H](O)C[C@H](O)C[C@H](O)CC[C@@H](O)[C@H](O)C[C@](O)(C[C@@H]1O)O2. The highest BCUT2D eigenvalue weighted by atomic mass is 16.7. The van der Waals surface area contributed by atoms with Gasteiger partial charge >= 0.3 is 5.97 Å². The monoisotopic (exact) mass is 937 g/mol. The number of esters is 1. The molecule has 18 heteroatoms. The van der Waals surface area contributed by atoms with E-state index in [1.54, 1.807) is 69.4 Å². The number of fused-ring (bicyclic) bond motifs is 2. The van der Waals surface area contributed by atoms with Gasteiger partial charge in [-0.25, -0.2) is 0 Å². The summed E-state index contributed by atoms with van der Waals surface area (Å²) in [5, 5.41) is 111. The highest BCUT2D eigenvalue weighted by Crippen LogP contribution is 2.38. The van der Waals surface area contributed by atoms with E-state index in [9.17, 15) is 60.7 Å². The molecule has 0 saturated carbocycles. The van der Waals surface area contributed by atoms with Crippen molar-refractivity contribution in [3.8, 4) is 0 Å². The Kier molecular flexibility index (Phi) is 24.3. The van der Waals surface area contributed by atoms with Crippen LogP contribution in [0.2, 0.25) is 0 Å². The zero-order valence-electron chi connectivity index (χ0n) is 38.6. The van der Waals surface area contributed by atoms with Crippen molar-refractivity contribution in [1.82, 2.24) is 5.32 Å². The van der Waals surface area contributed by atoms with Crippen LogP contribution < -0.4 is 11.1 Å². The number of hydrogen-bond acceptors (Lipinski definition) is 17. The molecule has 0 aliphatic carbocycles. The quantitative estimate of drug-likeness (QED) is 0.170. The van der Waals surface area contributed by atoms with Gasteiger partial charge in [-0.15, -0.1) is 0 Å². The van der Waals surface area contributed by atoms with E-state index in [2.05, 4.69) is 5.32 Å². The fourth-order valence-electron chi connectivity index (χ4n) is 8.14. The minimum absolute atomic E-state index is 0.115. The molecule has 0 spiro atoms. The van der Waals surface area contributed by atoms with Gasteiger partial charge in [-0.3, -0.25) is 9.59 Å². The number of hydrogen-bond donors (Lipinski definition) is 12. The molecule has 0 aromatic rings. The molecule has 3 heterocycles. The Morgan fingerprint density at radius 1 is 0.682 bits per heavy atom. The zero-order chi connectivity index (χ0) is 49.1. The van der Waals surface area contributed by atoms with Crippen LogP contribution in [0, 0.1) is 17.8 Å². The highest BCUT2D eigenvalue weighted by Gasteiger charge is 2.51. The molecular weight excluding hydrogens is 861 g/mol. The molecule has 13 N–H and O–H groups in total. The van der Waals surface area contributed by atoms with E-state index >= 15 is 0 Å². The number of aliphatic hydroxyl groups excluding tert-OH is 9. The second-order valence-electron chi connectivity index (χ2n) is 17.8. The van der Waals surface area contributed by atoms with Crippen LogP contribution in [-0.2, 0) is 28.5 Å². The van der Waals surface area contributed by atoms with Crippen molar-refractivity contribution < 1.29 is 79.6 Å². The summed E-state index contributed by atoms with van der Waals surface area (Å²) >= 11 is 0. The molecule has 2 saturated heterocycles. The van der Waals surface area contributed by atoms with Crippen molar-refractivity contribution >= 4 is 11.9 Å². The summed E-state index contributed by atoms with van der Waals surface area (Å²) in [6, 6.07) is -1.12. The topological polar surface area (TPSA) is 311 Å². The van der Waals surface area contributed by atoms with E-state index in [4.69, 9.17) is 24.7 Å². The molecule has 0 unspecified atom stereocenters. The number of aliphatic hydroxyl groups is 10. The van der Waals surface area contributed by atoms with Gasteiger partial charge in [0.2, 0.25) is 5.91 Å². The maximum Gasteiger partial charge on any atom is 0.308 e. The van der Waals surface area contributed by atoms with Crippen molar-refractivity contribution in [3.63, 3.8) is 0 Å². The van der Waals surface area contributed by atoms with Crippen molar-refractivity contribution in [2.45, 2.75) is 177 Å². The molecule has 19 atom stereocenters. The van der Waals surface area contributed by atoms with E-state index in [-0.39, 0.29) is 38.0 Å². The number of carbonyl (C=O) groups is 2. The molecule has 3 aliphatic heterocycles. The fourth-order valence-corrected chi connectivity index (χ4v) is 8.14. The molecule has 66 heavy (non-hydrogen) atoms. The van der Waals surface area contributed by atoms with Gasteiger partial charge in [-0.1, -0.05) is 98.9 Å². The first-order valence-electron chi connectivity index (χ1n) is 22.8. The maximum absolute atomic E-state index is 13.2. The molecule has 2 fully saturated rings. The Hall–Kier alpha value is -3.44. The molecular formula is C48H76N2O16. The van der Waals surface area contributed by atoms with E-state index in [0.29, 0.717) is 0 Å². The van der Waals surface area contributed by atoms with Crippen LogP contribution in [0.1, 0.15) is 79.1 Å². The number of rotatable bonds is 3.